The molecule has 0 fully saturated rings. The average Bonchev–Trinajstić information content (AvgIpc) is 3.21. The summed E-state index contributed by atoms with van der Waals surface area (Å²) in [6.07, 6.45) is 5.27. The van der Waals surface area contributed by atoms with E-state index in [9.17, 15) is 9.59 Å². The summed E-state index contributed by atoms with van der Waals surface area (Å²) in [5.41, 5.74) is 1.27. The summed E-state index contributed by atoms with van der Waals surface area (Å²) in [4.78, 5) is 26.9. The van der Waals surface area contributed by atoms with Crippen LogP contribution in [-0.4, -0.2) is 25.0 Å². The van der Waals surface area contributed by atoms with E-state index in [-0.39, 0.29) is 12.5 Å². The predicted molar refractivity (Wildman–Crippen MR) is 92.3 cm³/mol. The van der Waals surface area contributed by atoms with Crippen molar-refractivity contribution >= 4 is 34.6 Å². The molecular weight excluding hydrogens is 330 g/mol. The SMILES string of the molecule is O=C(COC(=O)c1cc2c(s1)CCCC2)NCCc1cccs1. The van der Waals surface area contributed by atoms with Crippen LogP contribution in [0.2, 0.25) is 0 Å². The van der Waals surface area contributed by atoms with Crippen molar-refractivity contribution < 1.29 is 14.3 Å². The molecule has 6 heteroatoms. The second-order valence-electron chi connectivity index (χ2n) is 5.52. The van der Waals surface area contributed by atoms with Gasteiger partial charge in [-0.05, 0) is 55.2 Å². The fourth-order valence-corrected chi connectivity index (χ4v) is 4.48. The van der Waals surface area contributed by atoms with Gasteiger partial charge in [0, 0.05) is 16.3 Å². The molecule has 3 rings (SSSR count). The largest absolute Gasteiger partial charge is 0.451 e. The Hall–Kier alpha value is -1.66. The summed E-state index contributed by atoms with van der Waals surface area (Å²) in [5, 5.41) is 4.78. The Bertz CT molecular complexity index is 653. The number of hydrogen-bond donors (Lipinski definition) is 1. The van der Waals surface area contributed by atoms with Crippen molar-refractivity contribution in [3.8, 4) is 0 Å². The first-order chi connectivity index (χ1) is 11.2. The molecule has 4 nitrogen and oxygen atoms in total. The number of thiophene rings is 2. The van der Waals surface area contributed by atoms with E-state index in [0.717, 1.165) is 19.3 Å². The number of aryl methyl sites for hydroxylation is 2. The van der Waals surface area contributed by atoms with Crippen molar-refractivity contribution in [2.45, 2.75) is 32.1 Å². The maximum atomic E-state index is 12.0. The number of esters is 1. The van der Waals surface area contributed by atoms with E-state index in [1.54, 1.807) is 11.3 Å². The summed E-state index contributed by atoms with van der Waals surface area (Å²) >= 11 is 3.17. The number of rotatable bonds is 6. The fraction of sp³-hybridized carbons (Fsp3) is 0.412. The second-order valence-corrected chi connectivity index (χ2v) is 7.69. The molecule has 0 unspecified atom stereocenters. The molecule has 0 saturated heterocycles. The number of fused-ring (bicyclic) bond motifs is 1. The molecule has 0 radical (unpaired) electrons. The molecule has 2 aromatic heterocycles. The quantitative estimate of drug-likeness (QED) is 0.815. The van der Waals surface area contributed by atoms with Crippen LogP contribution in [0.25, 0.3) is 0 Å². The molecular formula is C17H19NO3S2. The zero-order valence-corrected chi connectivity index (χ0v) is 14.4. The smallest absolute Gasteiger partial charge is 0.348 e. The van der Waals surface area contributed by atoms with Gasteiger partial charge in [0.1, 0.15) is 4.88 Å². The first-order valence-electron chi connectivity index (χ1n) is 7.80. The highest BCUT2D eigenvalue weighted by Crippen LogP contribution is 2.29. The zero-order chi connectivity index (χ0) is 16.1. The Morgan fingerprint density at radius 1 is 1.26 bits per heavy atom. The van der Waals surface area contributed by atoms with Crippen LogP contribution in [0, 0.1) is 0 Å². The average molecular weight is 349 g/mol. The molecule has 1 N–H and O–H groups in total. The maximum Gasteiger partial charge on any atom is 0.348 e. The lowest BCUT2D eigenvalue weighted by Gasteiger charge is -2.08. The predicted octanol–water partition coefficient (Wildman–Crippen LogP) is 3.20. The third-order valence-corrected chi connectivity index (χ3v) is 5.96. The monoisotopic (exact) mass is 349 g/mol. The van der Waals surface area contributed by atoms with E-state index in [1.165, 1.54) is 39.5 Å². The van der Waals surface area contributed by atoms with Gasteiger partial charge in [-0.15, -0.1) is 22.7 Å². The van der Waals surface area contributed by atoms with Gasteiger partial charge < -0.3 is 10.1 Å². The second kappa shape index (κ2) is 7.75. The van der Waals surface area contributed by atoms with Crippen molar-refractivity contribution in [1.29, 1.82) is 0 Å². The Balaban J connectivity index is 1.41. The van der Waals surface area contributed by atoms with Crippen LogP contribution in [0.5, 0.6) is 0 Å². The number of ether oxygens (including phenoxy) is 1. The number of nitrogens with one attached hydrogen (secondary N) is 1. The van der Waals surface area contributed by atoms with Crippen LogP contribution in [0.3, 0.4) is 0 Å². The highest BCUT2D eigenvalue weighted by molar-refractivity contribution is 7.14. The van der Waals surface area contributed by atoms with Crippen LogP contribution < -0.4 is 5.32 Å². The van der Waals surface area contributed by atoms with Gasteiger partial charge in [-0.1, -0.05) is 6.07 Å². The molecule has 122 valence electrons. The lowest BCUT2D eigenvalue weighted by Crippen LogP contribution is -2.30. The summed E-state index contributed by atoms with van der Waals surface area (Å²) in [6.45, 7) is 0.343. The molecule has 0 aromatic carbocycles. The first-order valence-corrected chi connectivity index (χ1v) is 9.50. The molecule has 0 bridgehead atoms. The third-order valence-electron chi connectivity index (χ3n) is 3.81. The van der Waals surface area contributed by atoms with Gasteiger partial charge in [0.2, 0.25) is 0 Å². The van der Waals surface area contributed by atoms with Gasteiger partial charge in [0.05, 0.1) is 0 Å². The highest BCUT2D eigenvalue weighted by Gasteiger charge is 2.18. The van der Waals surface area contributed by atoms with Crippen LogP contribution in [0.15, 0.2) is 23.6 Å². The van der Waals surface area contributed by atoms with E-state index >= 15 is 0 Å². The van der Waals surface area contributed by atoms with E-state index < -0.39 is 5.97 Å². The van der Waals surface area contributed by atoms with Gasteiger partial charge in [-0.2, -0.15) is 0 Å². The van der Waals surface area contributed by atoms with E-state index in [1.807, 2.05) is 23.6 Å². The van der Waals surface area contributed by atoms with Crippen molar-refractivity contribution in [3.05, 3.63) is 43.8 Å². The molecule has 1 aliphatic carbocycles. The topological polar surface area (TPSA) is 55.4 Å². The number of carbonyl (C=O) groups excluding carboxylic acids is 2. The minimum atomic E-state index is -0.391. The normalized spacial score (nSPS) is 13.4. The van der Waals surface area contributed by atoms with Gasteiger partial charge in [0.15, 0.2) is 6.61 Å². The summed E-state index contributed by atoms with van der Waals surface area (Å²) in [6, 6.07) is 5.95. The van der Waals surface area contributed by atoms with Crippen LogP contribution in [-0.2, 0) is 28.8 Å². The molecule has 0 aliphatic heterocycles. The standard InChI is InChI=1S/C17H19NO3S2/c19-16(18-8-7-13-5-3-9-22-13)11-21-17(20)15-10-12-4-1-2-6-14(12)23-15/h3,5,9-10H,1-2,4,6-8,11H2,(H,18,19). The van der Waals surface area contributed by atoms with E-state index in [4.69, 9.17) is 4.74 Å². The summed E-state index contributed by atoms with van der Waals surface area (Å²) in [7, 11) is 0. The van der Waals surface area contributed by atoms with Gasteiger partial charge in [-0.25, -0.2) is 4.79 Å². The number of carbonyl (C=O) groups is 2. The lowest BCUT2D eigenvalue weighted by atomic mass is 9.99. The van der Waals surface area contributed by atoms with Crippen LogP contribution in [0.4, 0.5) is 0 Å². The van der Waals surface area contributed by atoms with Crippen LogP contribution >= 0.6 is 22.7 Å². The minimum Gasteiger partial charge on any atom is -0.451 e. The van der Waals surface area contributed by atoms with E-state index in [2.05, 4.69) is 5.32 Å². The van der Waals surface area contributed by atoms with E-state index in [0.29, 0.717) is 11.4 Å². The number of amides is 1. The Morgan fingerprint density at radius 3 is 2.91 bits per heavy atom. The van der Waals surface area contributed by atoms with Crippen molar-refractivity contribution in [2.24, 2.45) is 0 Å². The maximum absolute atomic E-state index is 12.0. The first kappa shape index (κ1) is 16.2. The third kappa shape index (κ3) is 4.42. The van der Waals surface area contributed by atoms with Crippen LogP contribution in [0.1, 0.15) is 37.8 Å². The summed E-state index contributed by atoms with van der Waals surface area (Å²) < 4.78 is 5.12. The fourth-order valence-electron chi connectivity index (χ4n) is 2.62. The molecule has 2 heterocycles. The lowest BCUT2D eigenvalue weighted by molar-refractivity contribution is -0.124. The Morgan fingerprint density at radius 2 is 2.13 bits per heavy atom. The molecule has 1 amide bonds. The summed E-state index contributed by atoms with van der Waals surface area (Å²) in [5.74, 6) is -0.644. The zero-order valence-electron chi connectivity index (χ0n) is 12.8. The van der Waals surface area contributed by atoms with Crippen molar-refractivity contribution in [2.75, 3.05) is 13.2 Å². The van der Waals surface area contributed by atoms with Gasteiger partial charge in [-0.3, -0.25) is 4.79 Å². The molecule has 1 aliphatic rings. The molecule has 0 saturated carbocycles. The molecule has 0 atom stereocenters. The number of hydrogen-bond acceptors (Lipinski definition) is 5. The Labute approximate surface area is 143 Å². The minimum absolute atomic E-state index is 0.216. The van der Waals surface area contributed by atoms with Crippen molar-refractivity contribution in [3.63, 3.8) is 0 Å². The Kier molecular flexibility index (Phi) is 5.46. The van der Waals surface area contributed by atoms with Gasteiger partial charge >= 0.3 is 5.97 Å². The molecule has 0 spiro atoms. The highest BCUT2D eigenvalue weighted by atomic mass is 32.1. The molecule has 23 heavy (non-hydrogen) atoms. The van der Waals surface area contributed by atoms with Gasteiger partial charge in [0.25, 0.3) is 5.91 Å². The molecule has 2 aromatic rings. The van der Waals surface area contributed by atoms with Crippen molar-refractivity contribution in [1.82, 2.24) is 5.32 Å².